The fourth-order valence-corrected chi connectivity index (χ4v) is 4.87. The molecule has 0 radical (unpaired) electrons. The fourth-order valence-electron chi connectivity index (χ4n) is 4.87. The van der Waals surface area contributed by atoms with Gasteiger partial charge >= 0.3 is 11.9 Å². The first-order chi connectivity index (χ1) is 17.7. The summed E-state index contributed by atoms with van der Waals surface area (Å²) in [6, 6.07) is 0. The zero-order valence-corrected chi connectivity index (χ0v) is 26.3. The van der Waals surface area contributed by atoms with Crippen LogP contribution in [0.4, 0.5) is 0 Å². The maximum Gasteiger partial charge on any atom is 0.320 e. The van der Waals surface area contributed by atoms with Crippen LogP contribution in [-0.4, -0.2) is 125 Å². The number of esters is 1. The van der Waals surface area contributed by atoms with E-state index in [1.165, 1.54) is 0 Å². The van der Waals surface area contributed by atoms with E-state index >= 15 is 0 Å². The standard InChI is InChI=1S/C29H57N3O7/c1-26(2,3)37-18-17-31-15-16-32(20-25(36)39-28(7,8)9)22-29(21-31,14-12-11-13-23(33)34)30(10)19-24(35)38-27(4,5)6/h25,36H,11-22H2,1-10H3,(H,33,34). The van der Waals surface area contributed by atoms with E-state index in [1.807, 2.05) is 69.4 Å². The Morgan fingerprint density at radius 3 is 2.05 bits per heavy atom. The molecule has 1 fully saturated rings. The van der Waals surface area contributed by atoms with Crippen molar-refractivity contribution in [2.45, 2.75) is 117 Å². The Hall–Kier alpha value is -1.30. The van der Waals surface area contributed by atoms with Crippen LogP contribution in [0.25, 0.3) is 0 Å². The van der Waals surface area contributed by atoms with Gasteiger partial charge in [0.2, 0.25) is 0 Å². The lowest BCUT2D eigenvalue weighted by Crippen LogP contribution is -2.60. The Labute approximate surface area is 236 Å². The van der Waals surface area contributed by atoms with Crippen LogP contribution in [-0.2, 0) is 23.8 Å². The van der Waals surface area contributed by atoms with Crippen LogP contribution < -0.4 is 0 Å². The summed E-state index contributed by atoms with van der Waals surface area (Å²) in [4.78, 5) is 30.7. The summed E-state index contributed by atoms with van der Waals surface area (Å²) >= 11 is 0. The van der Waals surface area contributed by atoms with Crippen molar-refractivity contribution in [2.24, 2.45) is 0 Å². The van der Waals surface area contributed by atoms with E-state index in [-0.39, 0.29) is 24.5 Å². The van der Waals surface area contributed by atoms with Crippen molar-refractivity contribution in [3.8, 4) is 0 Å². The van der Waals surface area contributed by atoms with Gasteiger partial charge in [0.25, 0.3) is 0 Å². The van der Waals surface area contributed by atoms with Crippen molar-refractivity contribution < 1.29 is 34.0 Å². The molecule has 0 aromatic carbocycles. The molecule has 10 nitrogen and oxygen atoms in total. The average molecular weight is 560 g/mol. The Balaban J connectivity index is 3.26. The minimum Gasteiger partial charge on any atom is -0.481 e. The molecule has 2 N–H and O–H groups in total. The van der Waals surface area contributed by atoms with Gasteiger partial charge in [-0.1, -0.05) is 6.42 Å². The van der Waals surface area contributed by atoms with Gasteiger partial charge in [0.05, 0.1) is 24.4 Å². The molecule has 1 rings (SSSR count). The monoisotopic (exact) mass is 559 g/mol. The number of likely N-dealkylation sites (N-methyl/N-ethyl adjacent to an activating group) is 1. The lowest BCUT2D eigenvalue weighted by atomic mass is 9.88. The topological polar surface area (TPSA) is 112 Å². The predicted molar refractivity (Wildman–Crippen MR) is 153 cm³/mol. The Kier molecular flexibility index (Phi) is 13.8. The van der Waals surface area contributed by atoms with Crippen LogP contribution in [0.5, 0.6) is 0 Å². The third-order valence-electron chi connectivity index (χ3n) is 6.49. The zero-order valence-electron chi connectivity index (χ0n) is 26.3. The number of rotatable bonds is 14. The normalized spacial score (nSPS) is 21.1. The molecular weight excluding hydrogens is 502 g/mol. The van der Waals surface area contributed by atoms with Crippen molar-refractivity contribution in [3.05, 3.63) is 0 Å². The highest BCUT2D eigenvalue weighted by molar-refractivity contribution is 5.72. The number of nitrogens with zero attached hydrogens (tertiary/aromatic N) is 3. The summed E-state index contributed by atoms with van der Waals surface area (Å²) in [7, 11) is 1.94. The Morgan fingerprint density at radius 1 is 0.923 bits per heavy atom. The van der Waals surface area contributed by atoms with Crippen LogP contribution in [0.1, 0.15) is 88.0 Å². The first-order valence-electron chi connectivity index (χ1n) is 14.3. The number of ether oxygens (including phenoxy) is 3. The molecule has 0 saturated carbocycles. The number of hydrogen-bond donors (Lipinski definition) is 2. The van der Waals surface area contributed by atoms with Gasteiger partial charge in [-0.15, -0.1) is 0 Å². The number of aliphatic hydroxyl groups is 1. The third-order valence-corrected chi connectivity index (χ3v) is 6.49. The number of carboxylic acid groups (broad SMARTS) is 1. The first kappa shape index (κ1) is 35.7. The largest absolute Gasteiger partial charge is 0.481 e. The molecule has 0 aliphatic carbocycles. The number of carbonyl (C=O) groups is 2. The molecule has 230 valence electrons. The maximum absolute atomic E-state index is 12.9. The van der Waals surface area contributed by atoms with E-state index in [1.54, 1.807) is 0 Å². The van der Waals surface area contributed by atoms with Gasteiger partial charge in [0, 0.05) is 51.2 Å². The van der Waals surface area contributed by atoms with E-state index in [9.17, 15) is 19.8 Å². The molecule has 1 heterocycles. The quantitative estimate of drug-likeness (QED) is 0.187. The number of hydrogen-bond acceptors (Lipinski definition) is 9. The van der Waals surface area contributed by atoms with Gasteiger partial charge in [-0.2, -0.15) is 0 Å². The molecular formula is C29H57N3O7. The maximum atomic E-state index is 12.9. The minimum atomic E-state index is -0.957. The van der Waals surface area contributed by atoms with Crippen molar-refractivity contribution in [3.63, 3.8) is 0 Å². The summed E-state index contributed by atoms with van der Waals surface area (Å²) in [5, 5.41) is 19.9. The number of carboxylic acids is 1. The first-order valence-corrected chi connectivity index (χ1v) is 14.3. The SMILES string of the molecule is CN(CC(=O)OC(C)(C)C)C1(CCCCC(=O)O)CN(CCOC(C)(C)C)CCN(CC(O)OC(C)(C)C)C1. The number of β-amino-alcohol motifs (C(OH)–C–C–N with tert-alkyl or cyclic N) is 1. The second-order valence-electron chi connectivity index (χ2n) is 13.9. The highest BCUT2D eigenvalue weighted by Gasteiger charge is 2.41. The molecule has 0 aromatic heterocycles. The molecule has 0 spiro atoms. The average Bonchev–Trinajstić information content (AvgIpc) is 2.87. The second-order valence-corrected chi connectivity index (χ2v) is 13.9. The number of unbranched alkanes of at least 4 members (excludes halogenated alkanes) is 1. The number of aliphatic hydroxyl groups excluding tert-OH is 1. The molecule has 10 heteroatoms. The van der Waals surface area contributed by atoms with Crippen LogP contribution >= 0.6 is 0 Å². The van der Waals surface area contributed by atoms with E-state index in [4.69, 9.17) is 14.2 Å². The smallest absolute Gasteiger partial charge is 0.320 e. The number of carbonyl (C=O) groups excluding carboxylic acids is 1. The second kappa shape index (κ2) is 15.1. The molecule has 1 aliphatic heterocycles. The Morgan fingerprint density at radius 2 is 1.51 bits per heavy atom. The summed E-state index contributed by atoms with van der Waals surface area (Å²) in [5.74, 6) is -1.11. The van der Waals surface area contributed by atoms with E-state index in [2.05, 4.69) is 14.7 Å². The summed E-state index contributed by atoms with van der Waals surface area (Å²) < 4.78 is 17.5. The van der Waals surface area contributed by atoms with Gasteiger partial charge in [0.15, 0.2) is 6.29 Å². The van der Waals surface area contributed by atoms with Gasteiger partial charge in [0.1, 0.15) is 5.60 Å². The predicted octanol–water partition coefficient (Wildman–Crippen LogP) is 3.21. The highest BCUT2D eigenvalue weighted by atomic mass is 16.6. The van der Waals surface area contributed by atoms with E-state index in [0.717, 1.165) is 19.6 Å². The summed E-state index contributed by atoms with van der Waals surface area (Å²) in [5.41, 5.74) is -1.79. The molecule has 2 atom stereocenters. The van der Waals surface area contributed by atoms with Crippen molar-refractivity contribution in [2.75, 3.05) is 59.5 Å². The molecule has 1 saturated heterocycles. The lowest BCUT2D eigenvalue weighted by Gasteiger charge is -2.45. The van der Waals surface area contributed by atoms with Gasteiger partial charge < -0.3 is 24.4 Å². The number of aliphatic carboxylic acids is 1. The Bertz CT molecular complexity index is 757. The lowest BCUT2D eigenvalue weighted by molar-refractivity contribution is -0.175. The van der Waals surface area contributed by atoms with Gasteiger partial charge in [-0.05, 0) is 82.2 Å². The zero-order chi connectivity index (χ0) is 30.1. The van der Waals surface area contributed by atoms with Crippen LogP contribution in [0, 0.1) is 0 Å². The van der Waals surface area contributed by atoms with Crippen molar-refractivity contribution >= 4 is 11.9 Å². The summed E-state index contributed by atoms with van der Waals surface area (Å²) in [6.07, 6.45) is 1.10. The van der Waals surface area contributed by atoms with Gasteiger partial charge in [-0.25, -0.2) is 0 Å². The summed E-state index contributed by atoms with van der Waals surface area (Å²) in [6.45, 7) is 21.9. The molecule has 2 unspecified atom stereocenters. The highest BCUT2D eigenvalue weighted by Crippen LogP contribution is 2.28. The van der Waals surface area contributed by atoms with Crippen molar-refractivity contribution in [1.82, 2.24) is 14.7 Å². The molecule has 1 aliphatic rings. The minimum absolute atomic E-state index is 0.108. The molecule has 0 aromatic rings. The van der Waals surface area contributed by atoms with E-state index < -0.39 is 29.0 Å². The molecule has 0 bridgehead atoms. The third kappa shape index (κ3) is 15.9. The van der Waals surface area contributed by atoms with Crippen molar-refractivity contribution in [1.29, 1.82) is 0 Å². The molecule has 0 amide bonds. The molecule has 39 heavy (non-hydrogen) atoms. The van der Waals surface area contributed by atoms with Gasteiger partial charge in [-0.3, -0.25) is 24.3 Å². The van der Waals surface area contributed by atoms with Crippen LogP contribution in [0.2, 0.25) is 0 Å². The van der Waals surface area contributed by atoms with E-state index in [0.29, 0.717) is 45.5 Å². The van der Waals surface area contributed by atoms with Crippen LogP contribution in [0.3, 0.4) is 0 Å². The fraction of sp³-hybridized carbons (Fsp3) is 0.931. The van der Waals surface area contributed by atoms with Crippen LogP contribution in [0.15, 0.2) is 0 Å².